The van der Waals surface area contributed by atoms with Crippen LogP contribution in [-0.2, 0) is 13.0 Å². The zero-order valence-corrected chi connectivity index (χ0v) is 26.2. The molecule has 2 bridgehead atoms. The fourth-order valence-electron chi connectivity index (χ4n) is 7.77. The average molecular weight is 589 g/mol. The number of guanidine groups is 1. The topological polar surface area (TPSA) is 83.8 Å². The minimum absolute atomic E-state index is 0.137. The number of nitrogens with one attached hydrogen (secondary N) is 2. The Bertz CT molecular complexity index is 1570. The molecule has 1 aliphatic heterocycles. The van der Waals surface area contributed by atoms with Crippen LogP contribution in [0.4, 0.5) is 10.1 Å². The zero-order chi connectivity index (χ0) is 30.5. The summed E-state index contributed by atoms with van der Waals surface area (Å²) in [6.45, 7) is 13.7. The Hall–Kier alpha value is -3.46. The van der Waals surface area contributed by atoms with Crippen molar-refractivity contribution in [3.05, 3.63) is 64.5 Å². The lowest BCUT2D eigenvalue weighted by Gasteiger charge is -2.61. The van der Waals surface area contributed by atoms with E-state index >= 15 is 0 Å². The molecule has 9 heteroatoms. The number of halogens is 1. The van der Waals surface area contributed by atoms with Gasteiger partial charge < -0.3 is 20.3 Å². The summed E-state index contributed by atoms with van der Waals surface area (Å²) in [7, 11) is 1.51. The minimum atomic E-state index is -0.342. The number of piperazine rings is 1. The lowest BCUT2D eigenvalue weighted by atomic mass is 9.45. The number of benzene rings is 2. The van der Waals surface area contributed by atoms with Gasteiger partial charge in [-0.1, -0.05) is 26.8 Å². The number of methoxy groups -OCH3 is 1. The predicted octanol–water partition coefficient (Wildman–Crippen LogP) is 5.31. The van der Waals surface area contributed by atoms with Crippen molar-refractivity contribution >= 4 is 22.5 Å². The second-order valence-electron chi connectivity index (χ2n) is 13.7. The largest absolute Gasteiger partial charge is 0.497 e. The SMILES string of the molecule is COc1ccc(CCn2cnc3cc(NC(=N[C@H]4C[C@H]5C[C@@H]([C@@H]4C)C5(C)C)N4C[C@@H](C)N[C@@H](C)C4)ccc3c2=O)c(F)c1. The molecule has 3 saturated carbocycles. The Kier molecular flexibility index (Phi) is 7.96. The first-order chi connectivity index (χ1) is 20.5. The van der Waals surface area contributed by atoms with E-state index in [9.17, 15) is 9.18 Å². The monoisotopic (exact) mass is 588 g/mol. The Morgan fingerprint density at radius 2 is 1.91 bits per heavy atom. The quantitative estimate of drug-likeness (QED) is 0.300. The molecule has 1 aromatic heterocycles. The molecule has 0 amide bonds. The highest BCUT2D eigenvalue weighted by Gasteiger charge is 2.56. The third-order valence-electron chi connectivity index (χ3n) is 10.4. The molecule has 2 N–H and O–H groups in total. The highest BCUT2D eigenvalue weighted by Crippen LogP contribution is 2.61. The van der Waals surface area contributed by atoms with Gasteiger partial charge in [0.25, 0.3) is 5.56 Å². The van der Waals surface area contributed by atoms with Crippen LogP contribution in [0.15, 0.2) is 52.5 Å². The first-order valence-electron chi connectivity index (χ1n) is 15.7. The van der Waals surface area contributed by atoms with Gasteiger partial charge in [0.2, 0.25) is 0 Å². The van der Waals surface area contributed by atoms with Gasteiger partial charge in [0, 0.05) is 43.5 Å². The molecule has 7 rings (SSSR count). The van der Waals surface area contributed by atoms with Crippen molar-refractivity contribution in [2.45, 2.75) is 78.6 Å². The zero-order valence-electron chi connectivity index (χ0n) is 26.2. The van der Waals surface area contributed by atoms with Crippen molar-refractivity contribution in [2.75, 3.05) is 25.5 Å². The van der Waals surface area contributed by atoms with E-state index in [4.69, 9.17) is 9.73 Å². The maximum absolute atomic E-state index is 14.4. The van der Waals surface area contributed by atoms with Gasteiger partial charge in [-0.15, -0.1) is 0 Å². The van der Waals surface area contributed by atoms with Crippen molar-refractivity contribution in [3.8, 4) is 5.75 Å². The number of ether oxygens (including phenoxy) is 1. The first kappa shape index (κ1) is 29.6. The van der Waals surface area contributed by atoms with Gasteiger partial charge in [0.05, 0.1) is 30.4 Å². The molecule has 3 aromatic rings. The van der Waals surface area contributed by atoms with E-state index < -0.39 is 0 Å². The third-order valence-corrected chi connectivity index (χ3v) is 10.4. The highest BCUT2D eigenvalue weighted by atomic mass is 19.1. The van der Waals surface area contributed by atoms with Gasteiger partial charge in [-0.25, -0.2) is 14.4 Å². The predicted molar refractivity (Wildman–Crippen MR) is 170 cm³/mol. The molecule has 2 heterocycles. The number of hydrogen-bond donors (Lipinski definition) is 2. The average Bonchev–Trinajstić information content (AvgIpc) is 2.97. The van der Waals surface area contributed by atoms with Crippen molar-refractivity contribution < 1.29 is 9.13 Å². The summed E-state index contributed by atoms with van der Waals surface area (Å²) in [6.07, 6.45) is 4.39. The Labute approximate surface area is 253 Å². The van der Waals surface area contributed by atoms with Gasteiger partial charge in [0.15, 0.2) is 5.96 Å². The van der Waals surface area contributed by atoms with E-state index in [1.165, 1.54) is 19.6 Å². The van der Waals surface area contributed by atoms with E-state index in [2.05, 4.69) is 55.1 Å². The normalized spacial score (nSPS) is 28.4. The summed E-state index contributed by atoms with van der Waals surface area (Å²) in [5.41, 5.74) is 2.30. The number of fused-ring (bicyclic) bond motifs is 3. The van der Waals surface area contributed by atoms with Gasteiger partial charge in [0.1, 0.15) is 11.6 Å². The van der Waals surface area contributed by atoms with Crippen LogP contribution in [0.25, 0.3) is 10.9 Å². The molecule has 230 valence electrons. The standard InChI is InChI=1S/C34H45FN6O2/c1-20-17-41(18-21(2)37-20)33(39-30-14-24-13-28(22(30)3)34(24,4)5)38-25-8-10-27-31(15-25)36-19-40(32(27)42)12-11-23-7-9-26(43-6)16-29(23)35/h7-10,15-16,19-22,24,28,30,37H,11-14,17-18H2,1-6H3,(H,38,39)/t20-,21+,22-,24+,28-,30-/m0/s1. The highest BCUT2D eigenvalue weighted by molar-refractivity contribution is 5.96. The molecule has 8 nitrogen and oxygen atoms in total. The minimum Gasteiger partial charge on any atom is -0.497 e. The maximum atomic E-state index is 14.4. The van der Waals surface area contributed by atoms with Crippen molar-refractivity contribution in [1.29, 1.82) is 0 Å². The molecule has 3 aliphatic carbocycles. The van der Waals surface area contributed by atoms with Gasteiger partial charge in [-0.2, -0.15) is 0 Å². The molecule has 2 aromatic carbocycles. The van der Waals surface area contributed by atoms with Gasteiger partial charge in [-0.05, 0) is 86.1 Å². The summed E-state index contributed by atoms with van der Waals surface area (Å²) in [5.74, 6) is 3.03. The molecule has 0 radical (unpaired) electrons. The molecule has 0 spiro atoms. The molecule has 0 unspecified atom stereocenters. The second-order valence-corrected chi connectivity index (χ2v) is 13.7. The van der Waals surface area contributed by atoms with Crippen LogP contribution < -0.4 is 20.9 Å². The first-order valence-corrected chi connectivity index (χ1v) is 15.7. The lowest BCUT2D eigenvalue weighted by molar-refractivity contribution is -0.108. The fourth-order valence-corrected chi connectivity index (χ4v) is 7.77. The van der Waals surface area contributed by atoms with E-state index in [-0.39, 0.29) is 11.4 Å². The van der Waals surface area contributed by atoms with E-state index in [1.807, 2.05) is 18.2 Å². The van der Waals surface area contributed by atoms with E-state index in [0.29, 0.717) is 64.6 Å². The second kappa shape index (κ2) is 11.6. The number of anilines is 1. The summed E-state index contributed by atoms with van der Waals surface area (Å²) >= 11 is 0. The van der Waals surface area contributed by atoms with Gasteiger partial charge >= 0.3 is 0 Å². The number of hydrogen-bond acceptors (Lipinski definition) is 5. The molecular weight excluding hydrogens is 543 g/mol. The number of aliphatic imine (C=N–C) groups is 1. The molecule has 4 fully saturated rings. The maximum Gasteiger partial charge on any atom is 0.261 e. The number of aryl methyl sites for hydroxylation is 2. The Morgan fingerprint density at radius 3 is 2.58 bits per heavy atom. The van der Waals surface area contributed by atoms with Crippen LogP contribution in [0.1, 0.15) is 53.0 Å². The fraction of sp³-hybridized carbons (Fsp3) is 0.559. The van der Waals surface area contributed by atoms with Crippen LogP contribution in [0.3, 0.4) is 0 Å². The van der Waals surface area contributed by atoms with Crippen LogP contribution in [-0.4, -0.2) is 58.7 Å². The summed E-state index contributed by atoms with van der Waals surface area (Å²) in [4.78, 5) is 25.7. The van der Waals surface area contributed by atoms with Crippen LogP contribution in [0.5, 0.6) is 5.75 Å². The smallest absolute Gasteiger partial charge is 0.261 e. The van der Waals surface area contributed by atoms with Gasteiger partial charge in [-0.3, -0.25) is 9.36 Å². The molecule has 6 atom stereocenters. The molecule has 4 aliphatic rings. The van der Waals surface area contributed by atoms with Crippen LogP contribution in [0.2, 0.25) is 0 Å². The number of rotatable bonds is 6. The van der Waals surface area contributed by atoms with Crippen molar-refractivity contribution in [2.24, 2.45) is 28.2 Å². The Morgan fingerprint density at radius 1 is 1.14 bits per heavy atom. The summed E-state index contributed by atoms with van der Waals surface area (Å²) in [5, 5.41) is 7.81. The molecule has 1 saturated heterocycles. The van der Waals surface area contributed by atoms with Crippen LogP contribution >= 0.6 is 0 Å². The molecular formula is C34H45FN6O2. The molecule has 43 heavy (non-hydrogen) atoms. The third kappa shape index (κ3) is 5.76. The van der Waals surface area contributed by atoms with Crippen LogP contribution in [0, 0.1) is 29.0 Å². The summed E-state index contributed by atoms with van der Waals surface area (Å²) in [6, 6.07) is 11.5. The van der Waals surface area contributed by atoms with Crippen molar-refractivity contribution in [1.82, 2.24) is 19.8 Å². The number of nitrogens with zero attached hydrogens (tertiary/aromatic N) is 4. The van der Waals surface area contributed by atoms with E-state index in [0.717, 1.165) is 43.0 Å². The van der Waals surface area contributed by atoms with Crippen molar-refractivity contribution in [3.63, 3.8) is 0 Å². The summed E-state index contributed by atoms with van der Waals surface area (Å²) < 4.78 is 21.1. The van der Waals surface area contributed by atoms with E-state index in [1.54, 1.807) is 23.0 Å². The number of aromatic nitrogens is 2. The Balaban J connectivity index is 1.23. The lowest BCUT2D eigenvalue weighted by Crippen LogP contribution is -2.59.